The Morgan fingerprint density at radius 3 is 2.44 bits per heavy atom. The predicted octanol–water partition coefficient (Wildman–Crippen LogP) is 3.27. The molecule has 0 bridgehead atoms. The molecule has 2 nitrogen and oxygen atoms in total. The van der Waals surface area contributed by atoms with E-state index in [0.717, 1.165) is 5.39 Å². The zero-order valence-corrected chi connectivity index (χ0v) is 9.37. The van der Waals surface area contributed by atoms with Gasteiger partial charge in [0.2, 0.25) is 0 Å². The third kappa shape index (κ3) is 2.73. The second kappa shape index (κ2) is 4.86. The lowest BCUT2D eigenvalue weighted by Gasteiger charge is -2.14. The Balaban J connectivity index is 2.39. The molecule has 0 heterocycles. The van der Waals surface area contributed by atoms with Gasteiger partial charge in [-0.05, 0) is 16.8 Å². The van der Waals surface area contributed by atoms with Crippen LogP contribution in [0.3, 0.4) is 0 Å². The molecule has 0 saturated heterocycles. The molecule has 0 spiro atoms. The number of rotatable bonds is 3. The molecule has 0 amide bonds. The average molecular weight is 256 g/mol. The Morgan fingerprint density at radius 2 is 1.78 bits per heavy atom. The van der Waals surface area contributed by atoms with Crippen molar-refractivity contribution in [3.05, 3.63) is 42.0 Å². The van der Waals surface area contributed by atoms with E-state index in [-0.39, 0.29) is 12.4 Å². The second-order valence-electron chi connectivity index (χ2n) is 3.83. The van der Waals surface area contributed by atoms with Gasteiger partial charge in [0.05, 0.1) is 6.61 Å². The van der Waals surface area contributed by atoms with Crippen LogP contribution in [0.4, 0.5) is 13.2 Å². The smallest absolute Gasteiger partial charge is 0.422 e. The normalized spacial score (nSPS) is 11.8. The number of hydrogen-bond acceptors (Lipinski definition) is 2. The van der Waals surface area contributed by atoms with Crippen LogP contribution in [0.5, 0.6) is 5.75 Å². The Labute approximate surface area is 102 Å². The summed E-state index contributed by atoms with van der Waals surface area (Å²) in [7, 11) is 0. The lowest BCUT2D eigenvalue weighted by molar-refractivity contribution is -0.153. The van der Waals surface area contributed by atoms with Crippen molar-refractivity contribution in [2.45, 2.75) is 12.8 Å². The molecule has 2 rings (SSSR count). The van der Waals surface area contributed by atoms with Crippen molar-refractivity contribution in [3.8, 4) is 5.75 Å². The Bertz CT molecular complexity index is 549. The SMILES string of the molecule is OCc1c(OCC(F)(F)F)ccc2ccccc12. The minimum absolute atomic E-state index is 0.0634. The fraction of sp³-hybridized carbons (Fsp3) is 0.231. The summed E-state index contributed by atoms with van der Waals surface area (Å²) in [5, 5.41) is 10.8. The van der Waals surface area contributed by atoms with Crippen LogP contribution in [0.1, 0.15) is 5.56 Å². The van der Waals surface area contributed by atoms with Crippen LogP contribution in [0.2, 0.25) is 0 Å². The van der Waals surface area contributed by atoms with Crippen molar-refractivity contribution in [2.75, 3.05) is 6.61 Å². The van der Waals surface area contributed by atoms with Gasteiger partial charge in [0.25, 0.3) is 0 Å². The predicted molar refractivity (Wildman–Crippen MR) is 61.4 cm³/mol. The van der Waals surface area contributed by atoms with E-state index in [1.165, 1.54) is 6.07 Å². The van der Waals surface area contributed by atoms with Crippen LogP contribution in [-0.2, 0) is 6.61 Å². The number of ether oxygens (including phenoxy) is 1. The molecule has 96 valence electrons. The minimum atomic E-state index is -4.39. The first kappa shape index (κ1) is 12.7. The molecule has 0 fully saturated rings. The lowest BCUT2D eigenvalue weighted by Crippen LogP contribution is -2.19. The molecule has 0 aliphatic heterocycles. The van der Waals surface area contributed by atoms with Crippen molar-refractivity contribution in [1.29, 1.82) is 0 Å². The van der Waals surface area contributed by atoms with E-state index >= 15 is 0 Å². The molecule has 0 aliphatic carbocycles. The zero-order valence-electron chi connectivity index (χ0n) is 9.37. The summed E-state index contributed by atoms with van der Waals surface area (Å²) in [4.78, 5) is 0. The molecule has 0 aliphatic rings. The fourth-order valence-electron chi connectivity index (χ4n) is 1.77. The van der Waals surface area contributed by atoms with Crippen LogP contribution < -0.4 is 4.74 Å². The summed E-state index contributed by atoms with van der Waals surface area (Å²) in [5.74, 6) is 0.0634. The topological polar surface area (TPSA) is 29.5 Å². The van der Waals surface area contributed by atoms with E-state index in [2.05, 4.69) is 0 Å². The molecule has 0 radical (unpaired) electrons. The van der Waals surface area contributed by atoms with E-state index in [4.69, 9.17) is 4.74 Å². The first-order chi connectivity index (χ1) is 8.51. The molecule has 0 atom stereocenters. The fourth-order valence-corrected chi connectivity index (χ4v) is 1.77. The van der Waals surface area contributed by atoms with E-state index < -0.39 is 12.8 Å². The average Bonchev–Trinajstić information content (AvgIpc) is 2.34. The molecule has 0 unspecified atom stereocenters. The lowest BCUT2D eigenvalue weighted by atomic mass is 10.0. The first-order valence-corrected chi connectivity index (χ1v) is 5.32. The Kier molecular flexibility index (Phi) is 3.43. The molecule has 1 N–H and O–H groups in total. The Morgan fingerprint density at radius 1 is 1.06 bits per heavy atom. The molecular formula is C13H11F3O2. The maximum atomic E-state index is 12.1. The molecule has 2 aromatic rings. The van der Waals surface area contributed by atoms with Crippen LogP contribution in [0, 0.1) is 0 Å². The van der Waals surface area contributed by atoms with Crippen molar-refractivity contribution >= 4 is 10.8 Å². The van der Waals surface area contributed by atoms with Crippen molar-refractivity contribution < 1.29 is 23.0 Å². The van der Waals surface area contributed by atoms with Crippen LogP contribution in [0.15, 0.2) is 36.4 Å². The standard InChI is InChI=1S/C13H11F3O2/c14-13(15,16)8-18-12-6-5-9-3-1-2-4-10(9)11(12)7-17/h1-6,17H,7-8H2. The summed E-state index contributed by atoms with van der Waals surface area (Å²) < 4.78 is 41.0. The van der Waals surface area contributed by atoms with Gasteiger partial charge in [0.15, 0.2) is 6.61 Å². The molecule has 0 aromatic heterocycles. The molecule has 5 heteroatoms. The molecule has 2 aromatic carbocycles. The van der Waals surface area contributed by atoms with E-state index in [1.807, 2.05) is 12.1 Å². The van der Waals surface area contributed by atoms with Gasteiger partial charge < -0.3 is 9.84 Å². The number of aliphatic hydroxyl groups is 1. The second-order valence-corrected chi connectivity index (χ2v) is 3.83. The third-order valence-electron chi connectivity index (χ3n) is 2.55. The summed E-state index contributed by atoms with van der Waals surface area (Å²) in [6, 6.07) is 10.2. The van der Waals surface area contributed by atoms with Crippen LogP contribution in [0.25, 0.3) is 10.8 Å². The number of halogens is 3. The van der Waals surface area contributed by atoms with Gasteiger partial charge in [-0.1, -0.05) is 30.3 Å². The number of hydrogen-bond donors (Lipinski definition) is 1. The van der Waals surface area contributed by atoms with E-state index in [1.54, 1.807) is 18.2 Å². The van der Waals surface area contributed by atoms with Gasteiger partial charge >= 0.3 is 6.18 Å². The maximum absolute atomic E-state index is 12.1. The molecule has 0 saturated carbocycles. The number of alkyl halides is 3. The molecular weight excluding hydrogens is 245 g/mol. The Hall–Kier alpha value is -1.75. The minimum Gasteiger partial charge on any atom is -0.484 e. The summed E-state index contributed by atoms with van der Waals surface area (Å²) in [6.45, 7) is -1.73. The highest BCUT2D eigenvalue weighted by Gasteiger charge is 2.28. The maximum Gasteiger partial charge on any atom is 0.422 e. The van der Waals surface area contributed by atoms with Crippen molar-refractivity contribution in [1.82, 2.24) is 0 Å². The number of aliphatic hydroxyl groups excluding tert-OH is 1. The largest absolute Gasteiger partial charge is 0.484 e. The van der Waals surface area contributed by atoms with Crippen LogP contribution >= 0.6 is 0 Å². The third-order valence-corrected chi connectivity index (χ3v) is 2.55. The van der Waals surface area contributed by atoms with Crippen molar-refractivity contribution in [2.24, 2.45) is 0 Å². The van der Waals surface area contributed by atoms with Gasteiger partial charge in [0, 0.05) is 5.56 Å². The highest BCUT2D eigenvalue weighted by molar-refractivity contribution is 5.87. The van der Waals surface area contributed by atoms with Gasteiger partial charge in [0.1, 0.15) is 5.75 Å². The monoisotopic (exact) mass is 256 g/mol. The van der Waals surface area contributed by atoms with Crippen LogP contribution in [-0.4, -0.2) is 17.9 Å². The van der Waals surface area contributed by atoms with E-state index in [9.17, 15) is 18.3 Å². The number of fused-ring (bicyclic) bond motifs is 1. The summed E-state index contributed by atoms with van der Waals surface area (Å²) in [5.41, 5.74) is 0.373. The highest BCUT2D eigenvalue weighted by atomic mass is 19.4. The van der Waals surface area contributed by atoms with Gasteiger partial charge in [-0.3, -0.25) is 0 Å². The van der Waals surface area contributed by atoms with Gasteiger partial charge in [-0.15, -0.1) is 0 Å². The van der Waals surface area contributed by atoms with Gasteiger partial charge in [-0.2, -0.15) is 13.2 Å². The van der Waals surface area contributed by atoms with Gasteiger partial charge in [-0.25, -0.2) is 0 Å². The van der Waals surface area contributed by atoms with Crippen molar-refractivity contribution in [3.63, 3.8) is 0 Å². The summed E-state index contributed by atoms with van der Waals surface area (Å²) in [6.07, 6.45) is -4.39. The quantitative estimate of drug-likeness (QED) is 0.913. The van der Waals surface area contributed by atoms with E-state index in [0.29, 0.717) is 10.9 Å². The summed E-state index contributed by atoms with van der Waals surface area (Å²) >= 11 is 0. The molecule has 18 heavy (non-hydrogen) atoms. The first-order valence-electron chi connectivity index (χ1n) is 5.32. The number of benzene rings is 2. The highest BCUT2D eigenvalue weighted by Crippen LogP contribution is 2.29. The zero-order chi connectivity index (χ0) is 13.2.